The number of aromatic nitrogens is 3. The molecule has 0 spiro atoms. The minimum atomic E-state index is -0.433. The number of hydrogen-bond donors (Lipinski definition) is 0. The van der Waals surface area contributed by atoms with Crippen molar-refractivity contribution in [2.75, 3.05) is 0 Å². The van der Waals surface area contributed by atoms with E-state index in [1.807, 2.05) is 19.2 Å². The molecule has 0 bridgehead atoms. The van der Waals surface area contributed by atoms with Crippen molar-refractivity contribution in [1.82, 2.24) is 14.8 Å². The van der Waals surface area contributed by atoms with Gasteiger partial charge in [0.25, 0.3) is 0 Å². The Balaban J connectivity index is 2.04. The van der Waals surface area contributed by atoms with Gasteiger partial charge >= 0.3 is 0 Å². The molecule has 1 atom stereocenters. The summed E-state index contributed by atoms with van der Waals surface area (Å²) in [7, 11) is 1.87. The molecule has 0 amide bonds. The molecule has 1 aliphatic rings. The maximum absolute atomic E-state index is 9.65. The Morgan fingerprint density at radius 2 is 2.28 bits per heavy atom. The summed E-state index contributed by atoms with van der Waals surface area (Å²) in [5.41, 5.74) is 2.02. The van der Waals surface area contributed by atoms with Crippen LogP contribution in [0.5, 0.6) is 0 Å². The molecule has 0 radical (unpaired) electrons. The largest absolute Gasteiger partial charge is 0.253 e. The molecule has 4 nitrogen and oxygen atoms in total. The van der Waals surface area contributed by atoms with Gasteiger partial charge in [-0.3, -0.25) is 4.68 Å². The topological polar surface area (TPSA) is 54.5 Å². The molecule has 2 aromatic rings. The Bertz CT molecular complexity index is 623. The van der Waals surface area contributed by atoms with E-state index in [0.29, 0.717) is 6.42 Å². The highest BCUT2D eigenvalue weighted by molar-refractivity contribution is 5.44. The lowest BCUT2D eigenvalue weighted by Crippen LogP contribution is -2.25. The highest BCUT2D eigenvalue weighted by atomic mass is 15.3. The number of nitriles is 1. The van der Waals surface area contributed by atoms with Gasteiger partial charge < -0.3 is 0 Å². The molecule has 0 fully saturated rings. The second kappa shape index (κ2) is 3.95. The molecule has 1 aromatic heterocycles. The highest BCUT2D eigenvalue weighted by Gasteiger charge is 2.39. The number of hydrogen-bond acceptors (Lipinski definition) is 3. The lowest BCUT2D eigenvalue weighted by Gasteiger charge is -2.21. The van der Waals surface area contributed by atoms with Crippen LogP contribution in [0.15, 0.2) is 30.6 Å². The summed E-state index contributed by atoms with van der Waals surface area (Å²) >= 11 is 0. The third-order valence-electron chi connectivity index (χ3n) is 3.83. The molecule has 3 rings (SSSR count). The second-order valence-electron chi connectivity index (χ2n) is 4.83. The van der Waals surface area contributed by atoms with E-state index in [1.54, 1.807) is 11.0 Å². The summed E-state index contributed by atoms with van der Waals surface area (Å²) in [5.74, 6) is 0.869. The average Bonchev–Trinajstić information content (AvgIpc) is 2.96. The molecular weight excluding hydrogens is 224 g/mol. The number of aryl methyl sites for hydroxylation is 2. The van der Waals surface area contributed by atoms with E-state index in [9.17, 15) is 5.26 Å². The van der Waals surface area contributed by atoms with E-state index in [4.69, 9.17) is 0 Å². The van der Waals surface area contributed by atoms with Gasteiger partial charge in [0.15, 0.2) is 0 Å². The zero-order valence-electron chi connectivity index (χ0n) is 10.3. The van der Waals surface area contributed by atoms with Gasteiger partial charge in [-0.25, -0.2) is 4.98 Å². The fraction of sp³-hybridized carbons (Fsp3) is 0.357. The summed E-state index contributed by atoms with van der Waals surface area (Å²) in [6.07, 6.45) is 4.02. The first-order valence-corrected chi connectivity index (χ1v) is 6.08. The van der Waals surface area contributed by atoms with E-state index in [2.05, 4.69) is 28.3 Å². The van der Waals surface area contributed by atoms with Crippen LogP contribution in [0.1, 0.15) is 23.4 Å². The van der Waals surface area contributed by atoms with Crippen LogP contribution in [0.4, 0.5) is 0 Å². The van der Waals surface area contributed by atoms with Gasteiger partial charge in [-0.05, 0) is 24.0 Å². The quantitative estimate of drug-likeness (QED) is 0.801. The zero-order valence-corrected chi connectivity index (χ0v) is 10.3. The molecule has 1 heterocycles. The smallest absolute Gasteiger partial charge is 0.138 e. The number of benzene rings is 1. The summed E-state index contributed by atoms with van der Waals surface area (Å²) in [4.78, 5) is 4.25. The fourth-order valence-electron chi connectivity index (χ4n) is 2.78. The van der Waals surface area contributed by atoms with Gasteiger partial charge in [0.2, 0.25) is 0 Å². The van der Waals surface area contributed by atoms with Crippen LogP contribution >= 0.6 is 0 Å². The minimum absolute atomic E-state index is 0.433. The van der Waals surface area contributed by atoms with Crippen molar-refractivity contribution in [3.8, 4) is 6.07 Å². The van der Waals surface area contributed by atoms with Crippen molar-refractivity contribution in [3.63, 3.8) is 0 Å². The monoisotopic (exact) mass is 238 g/mol. The van der Waals surface area contributed by atoms with Gasteiger partial charge in [-0.1, -0.05) is 24.3 Å². The molecular formula is C14H14N4. The van der Waals surface area contributed by atoms with Crippen molar-refractivity contribution >= 4 is 0 Å². The number of rotatable bonds is 2. The summed E-state index contributed by atoms with van der Waals surface area (Å²) in [6.45, 7) is 0. The van der Waals surface area contributed by atoms with E-state index >= 15 is 0 Å². The minimum Gasteiger partial charge on any atom is -0.253 e. The molecule has 0 N–H and O–H groups in total. The van der Waals surface area contributed by atoms with Crippen LogP contribution in [0.3, 0.4) is 0 Å². The first-order valence-electron chi connectivity index (χ1n) is 6.08. The Morgan fingerprint density at radius 1 is 1.44 bits per heavy atom. The van der Waals surface area contributed by atoms with Crippen molar-refractivity contribution in [2.24, 2.45) is 7.05 Å². The molecule has 0 saturated carbocycles. The Hall–Kier alpha value is -2.15. The van der Waals surface area contributed by atoms with Crippen LogP contribution < -0.4 is 0 Å². The lowest BCUT2D eigenvalue weighted by atomic mass is 9.80. The predicted molar refractivity (Wildman–Crippen MR) is 66.8 cm³/mol. The Labute approximate surface area is 106 Å². The highest BCUT2D eigenvalue weighted by Crippen LogP contribution is 2.40. The third kappa shape index (κ3) is 1.52. The van der Waals surface area contributed by atoms with Gasteiger partial charge in [0.05, 0.1) is 11.5 Å². The van der Waals surface area contributed by atoms with Crippen LogP contribution in [-0.2, 0) is 25.3 Å². The number of nitrogens with zero attached hydrogens (tertiary/aromatic N) is 4. The van der Waals surface area contributed by atoms with Gasteiger partial charge in [-0.2, -0.15) is 10.4 Å². The number of fused-ring (bicyclic) bond motifs is 1. The Morgan fingerprint density at radius 3 is 3.00 bits per heavy atom. The molecule has 0 saturated heterocycles. The lowest BCUT2D eigenvalue weighted by molar-refractivity contribution is 0.509. The maximum Gasteiger partial charge on any atom is 0.138 e. The van der Waals surface area contributed by atoms with Crippen LogP contribution in [0, 0.1) is 11.3 Å². The molecule has 1 unspecified atom stereocenters. The summed E-state index contributed by atoms with van der Waals surface area (Å²) in [6, 6.07) is 10.7. The van der Waals surface area contributed by atoms with Crippen LogP contribution in [-0.4, -0.2) is 14.8 Å². The summed E-state index contributed by atoms with van der Waals surface area (Å²) in [5, 5.41) is 13.7. The maximum atomic E-state index is 9.65. The summed E-state index contributed by atoms with van der Waals surface area (Å²) < 4.78 is 1.75. The first kappa shape index (κ1) is 11.0. The second-order valence-corrected chi connectivity index (χ2v) is 4.83. The average molecular weight is 238 g/mol. The zero-order chi connectivity index (χ0) is 12.6. The van der Waals surface area contributed by atoms with Crippen LogP contribution in [0.2, 0.25) is 0 Å². The molecule has 0 aliphatic heterocycles. The molecule has 1 aromatic carbocycles. The van der Waals surface area contributed by atoms with E-state index in [1.165, 1.54) is 5.56 Å². The normalized spacial score (nSPS) is 21.6. The molecule has 90 valence electrons. The van der Waals surface area contributed by atoms with Crippen molar-refractivity contribution in [1.29, 1.82) is 5.26 Å². The van der Waals surface area contributed by atoms with E-state index < -0.39 is 5.41 Å². The van der Waals surface area contributed by atoms with Crippen molar-refractivity contribution in [3.05, 3.63) is 47.5 Å². The molecule has 18 heavy (non-hydrogen) atoms. The third-order valence-corrected chi connectivity index (χ3v) is 3.83. The fourth-order valence-corrected chi connectivity index (χ4v) is 2.78. The predicted octanol–water partition coefficient (Wildman–Crippen LogP) is 1.77. The SMILES string of the molecule is Cn1ncnc1CC1(C#N)CCc2ccccc21. The first-order chi connectivity index (χ1) is 8.75. The van der Waals surface area contributed by atoms with Gasteiger partial charge in [0.1, 0.15) is 12.2 Å². The Kier molecular flexibility index (Phi) is 2.41. The van der Waals surface area contributed by atoms with Crippen molar-refractivity contribution < 1.29 is 0 Å². The standard InChI is InChI=1S/C14H14N4/c1-18-13(16-10-17-18)8-14(9-15)7-6-11-4-2-3-5-12(11)14/h2-5,10H,6-8H2,1H3. The van der Waals surface area contributed by atoms with E-state index in [0.717, 1.165) is 24.2 Å². The van der Waals surface area contributed by atoms with Gasteiger partial charge in [-0.15, -0.1) is 0 Å². The van der Waals surface area contributed by atoms with Crippen molar-refractivity contribution in [2.45, 2.75) is 24.7 Å². The molecule has 4 heteroatoms. The molecule has 1 aliphatic carbocycles. The van der Waals surface area contributed by atoms with E-state index in [-0.39, 0.29) is 0 Å². The van der Waals surface area contributed by atoms with Crippen LogP contribution in [0.25, 0.3) is 0 Å². The van der Waals surface area contributed by atoms with Gasteiger partial charge in [0, 0.05) is 13.5 Å².